The van der Waals surface area contributed by atoms with E-state index in [1.54, 1.807) is 0 Å². The van der Waals surface area contributed by atoms with Crippen molar-refractivity contribution >= 4 is 23.5 Å². The number of hydrogen-bond acceptors (Lipinski definition) is 2. The molecule has 0 unspecified atom stereocenters. The van der Waals surface area contributed by atoms with Crippen molar-refractivity contribution in [2.75, 3.05) is 11.5 Å². The van der Waals surface area contributed by atoms with Crippen LogP contribution in [0.5, 0.6) is 0 Å². The first-order valence-electron chi connectivity index (χ1n) is 5.23. The topological polar surface area (TPSA) is 0 Å². The van der Waals surface area contributed by atoms with Gasteiger partial charge in [-0.25, -0.2) is 0 Å². The minimum atomic E-state index is 0.746. The van der Waals surface area contributed by atoms with Crippen LogP contribution >= 0.6 is 23.5 Å². The summed E-state index contributed by atoms with van der Waals surface area (Å²) in [7, 11) is 0. The van der Waals surface area contributed by atoms with Gasteiger partial charge in [0, 0.05) is 12.8 Å². The highest BCUT2D eigenvalue weighted by molar-refractivity contribution is 8.17. The Morgan fingerprint density at radius 1 is 1.29 bits per heavy atom. The average Bonchev–Trinajstić information content (AvgIpc) is 2.25. The van der Waals surface area contributed by atoms with Crippen molar-refractivity contribution in [3.8, 4) is 11.8 Å². The SMILES string of the molecule is C=CCCCC#CCC1SCCCS1. The molecule has 78 valence electrons. The maximum absolute atomic E-state index is 3.70. The summed E-state index contributed by atoms with van der Waals surface area (Å²) in [5.74, 6) is 9.19. The summed E-state index contributed by atoms with van der Waals surface area (Å²) >= 11 is 4.15. The first kappa shape index (κ1) is 12.1. The Balaban J connectivity index is 2.02. The van der Waals surface area contributed by atoms with Gasteiger partial charge in [-0.1, -0.05) is 6.08 Å². The molecular formula is C12H18S2. The molecule has 1 fully saturated rings. The molecule has 1 saturated heterocycles. The molecule has 0 aromatic carbocycles. The highest BCUT2D eigenvalue weighted by Crippen LogP contribution is 2.32. The highest BCUT2D eigenvalue weighted by atomic mass is 32.2. The van der Waals surface area contributed by atoms with Gasteiger partial charge in [0.15, 0.2) is 0 Å². The average molecular weight is 226 g/mol. The molecule has 0 bridgehead atoms. The zero-order valence-corrected chi connectivity index (χ0v) is 10.3. The van der Waals surface area contributed by atoms with E-state index in [0.29, 0.717) is 0 Å². The molecule has 1 rings (SSSR count). The molecule has 14 heavy (non-hydrogen) atoms. The molecule has 1 aliphatic heterocycles. The number of unbranched alkanes of at least 4 members (excludes halogenated alkanes) is 2. The molecule has 0 saturated carbocycles. The van der Waals surface area contributed by atoms with Gasteiger partial charge in [-0.05, 0) is 30.8 Å². The van der Waals surface area contributed by atoms with E-state index < -0.39 is 0 Å². The lowest BCUT2D eigenvalue weighted by atomic mass is 10.2. The minimum Gasteiger partial charge on any atom is -0.147 e. The van der Waals surface area contributed by atoms with Crippen molar-refractivity contribution < 1.29 is 0 Å². The van der Waals surface area contributed by atoms with Crippen molar-refractivity contribution in [3.05, 3.63) is 12.7 Å². The monoisotopic (exact) mass is 226 g/mol. The summed E-state index contributed by atoms with van der Waals surface area (Å²) in [5, 5.41) is 0. The third-order valence-electron chi connectivity index (χ3n) is 2.00. The summed E-state index contributed by atoms with van der Waals surface area (Å²) in [4.78, 5) is 0. The summed E-state index contributed by atoms with van der Waals surface area (Å²) in [6, 6.07) is 0. The zero-order chi connectivity index (χ0) is 10.1. The predicted octanol–water partition coefficient (Wildman–Crippen LogP) is 3.93. The van der Waals surface area contributed by atoms with E-state index in [2.05, 4.69) is 41.9 Å². The van der Waals surface area contributed by atoms with Crippen molar-refractivity contribution in [3.63, 3.8) is 0 Å². The molecule has 0 atom stereocenters. The Morgan fingerprint density at radius 3 is 2.79 bits per heavy atom. The Hall–Kier alpha value is 0. The van der Waals surface area contributed by atoms with Crippen LogP contribution in [0.3, 0.4) is 0 Å². The third kappa shape index (κ3) is 5.67. The van der Waals surface area contributed by atoms with Crippen molar-refractivity contribution in [1.29, 1.82) is 0 Å². The molecule has 0 aliphatic carbocycles. The molecule has 0 aromatic heterocycles. The Morgan fingerprint density at radius 2 is 2.07 bits per heavy atom. The van der Waals surface area contributed by atoms with Gasteiger partial charge in [0.2, 0.25) is 0 Å². The number of thioether (sulfide) groups is 2. The van der Waals surface area contributed by atoms with Gasteiger partial charge in [-0.2, -0.15) is 0 Å². The lowest BCUT2D eigenvalue weighted by molar-refractivity contribution is 0.885. The standard InChI is InChI=1S/C12H18S2/c1-2-3-4-5-6-7-9-12-13-10-8-11-14-12/h2,12H,1,3-5,8-11H2. The molecule has 0 radical (unpaired) electrons. The fraction of sp³-hybridized carbons (Fsp3) is 0.667. The molecule has 0 nitrogen and oxygen atoms in total. The molecule has 0 aromatic rings. The van der Waals surface area contributed by atoms with Crippen molar-refractivity contribution in [2.24, 2.45) is 0 Å². The van der Waals surface area contributed by atoms with Gasteiger partial charge in [-0.15, -0.1) is 41.9 Å². The van der Waals surface area contributed by atoms with Crippen LogP contribution in [-0.2, 0) is 0 Å². The van der Waals surface area contributed by atoms with E-state index in [1.165, 1.54) is 24.3 Å². The van der Waals surface area contributed by atoms with Crippen LogP contribution in [0.15, 0.2) is 12.7 Å². The maximum Gasteiger partial charge on any atom is 0.0611 e. The van der Waals surface area contributed by atoms with Gasteiger partial charge in [0.05, 0.1) is 4.58 Å². The fourth-order valence-electron chi connectivity index (χ4n) is 1.23. The molecular weight excluding hydrogens is 208 g/mol. The van der Waals surface area contributed by atoms with E-state index in [1.807, 2.05) is 6.08 Å². The molecule has 0 N–H and O–H groups in total. The number of hydrogen-bond donors (Lipinski definition) is 0. The lowest BCUT2D eigenvalue weighted by Gasteiger charge is -2.18. The molecule has 0 amide bonds. The van der Waals surface area contributed by atoms with E-state index in [4.69, 9.17) is 0 Å². The largest absolute Gasteiger partial charge is 0.147 e. The fourth-order valence-corrected chi connectivity index (χ4v) is 3.93. The van der Waals surface area contributed by atoms with Gasteiger partial charge in [0.1, 0.15) is 0 Å². The molecule has 1 aliphatic rings. The summed E-state index contributed by atoms with van der Waals surface area (Å²) in [6.45, 7) is 3.70. The predicted molar refractivity (Wildman–Crippen MR) is 69.8 cm³/mol. The van der Waals surface area contributed by atoms with Crippen LogP contribution in [0.25, 0.3) is 0 Å². The second-order valence-corrected chi connectivity index (χ2v) is 6.18. The number of rotatable bonds is 4. The second-order valence-electron chi connectivity index (χ2n) is 3.26. The van der Waals surface area contributed by atoms with Crippen LogP contribution < -0.4 is 0 Å². The normalized spacial score (nSPS) is 17.1. The highest BCUT2D eigenvalue weighted by Gasteiger charge is 2.12. The minimum absolute atomic E-state index is 0.746. The quantitative estimate of drug-likeness (QED) is 0.405. The first-order valence-corrected chi connectivity index (χ1v) is 7.33. The van der Waals surface area contributed by atoms with Crippen LogP contribution in [0, 0.1) is 11.8 Å². The number of allylic oxidation sites excluding steroid dienone is 1. The summed E-state index contributed by atoms with van der Waals surface area (Å²) < 4.78 is 0.746. The van der Waals surface area contributed by atoms with E-state index in [9.17, 15) is 0 Å². The van der Waals surface area contributed by atoms with E-state index in [-0.39, 0.29) is 0 Å². The van der Waals surface area contributed by atoms with Gasteiger partial charge >= 0.3 is 0 Å². The van der Waals surface area contributed by atoms with E-state index >= 15 is 0 Å². The Kier molecular flexibility index (Phi) is 7.17. The van der Waals surface area contributed by atoms with E-state index in [0.717, 1.165) is 23.8 Å². The Bertz CT molecular complexity index is 206. The molecule has 1 heterocycles. The molecule has 2 heteroatoms. The summed E-state index contributed by atoms with van der Waals surface area (Å²) in [6.07, 6.45) is 7.72. The van der Waals surface area contributed by atoms with Crippen molar-refractivity contribution in [2.45, 2.75) is 36.7 Å². The molecule has 0 spiro atoms. The zero-order valence-electron chi connectivity index (χ0n) is 8.63. The third-order valence-corrected chi connectivity index (χ3v) is 4.94. The lowest BCUT2D eigenvalue weighted by Crippen LogP contribution is -2.05. The van der Waals surface area contributed by atoms with Crippen molar-refractivity contribution in [1.82, 2.24) is 0 Å². The summed E-state index contributed by atoms with van der Waals surface area (Å²) in [5.41, 5.74) is 0. The second kappa shape index (κ2) is 8.32. The van der Waals surface area contributed by atoms with Crippen LogP contribution in [0.2, 0.25) is 0 Å². The Labute approximate surface area is 96.3 Å². The van der Waals surface area contributed by atoms with Crippen LogP contribution in [0.1, 0.15) is 32.1 Å². The first-order chi connectivity index (χ1) is 6.93. The van der Waals surface area contributed by atoms with Crippen LogP contribution in [0.4, 0.5) is 0 Å². The van der Waals surface area contributed by atoms with Gasteiger partial charge in [0.25, 0.3) is 0 Å². The smallest absolute Gasteiger partial charge is 0.0611 e. The van der Waals surface area contributed by atoms with Crippen LogP contribution in [-0.4, -0.2) is 16.1 Å². The van der Waals surface area contributed by atoms with Gasteiger partial charge < -0.3 is 0 Å². The maximum atomic E-state index is 3.70. The van der Waals surface area contributed by atoms with Gasteiger partial charge in [-0.3, -0.25) is 0 Å².